The van der Waals surface area contributed by atoms with Crippen molar-refractivity contribution in [2.24, 2.45) is 0 Å². The third kappa shape index (κ3) is 2.74. The Morgan fingerprint density at radius 2 is 1.96 bits per heavy atom. The van der Waals surface area contributed by atoms with Crippen LogP contribution in [0, 0.1) is 0 Å². The highest BCUT2D eigenvalue weighted by atomic mass is 35.5. The Balaban J connectivity index is 1.85. The molecule has 0 bridgehead atoms. The lowest BCUT2D eigenvalue weighted by Crippen LogP contribution is -2.21. The Hall–Kier alpha value is -2.79. The van der Waals surface area contributed by atoms with E-state index < -0.39 is 5.63 Å². The van der Waals surface area contributed by atoms with Crippen molar-refractivity contribution in [3.63, 3.8) is 0 Å². The van der Waals surface area contributed by atoms with Crippen molar-refractivity contribution in [3.05, 3.63) is 57.9 Å². The van der Waals surface area contributed by atoms with Gasteiger partial charge in [-0.15, -0.1) is 0 Å². The Labute approximate surface area is 155 Å². The number of rotatable bonds is 4. The predicted octanol–water partition coefficient (Wildman–Crippen LogP) is 4.84. The maximum absolute atomic E-state index is 12.5. The fraction of sp³-hybridized carbons (Fsp3) is 0.200. The molecule has 5 nitrogen and oxygen atoms in total. The molecule has 2 heterocycles. The first-order valence-electron chi connectivity index (χ1n) is 8.58. The fourth-order valence-electron chi connectivity index (χ4n) is 3.18. The number of fused-ring (bicyclic) bond motifs is 2. The van der Waals surface area contributed by atoms with Crippen LogP contribution in [0.4, 0.5) is 5.69 Å². The molecule has 6 heteroatoms. The van der Waals surface area contributed by atoms with Crippen LogP contribution in [0.2, 0.25) is 5.02 Å². The van der Waals surface area contributed by atoms with Gasteiger partial charge in [0.25, 0.3) is 0 Å². The molecule has 2 aromatic carbocycles. The van der Waals surface area contributed by atoms with E-state index in [9.17, 15) is 4.79 Å². The van der Waals surface area contributed by atoms with Gasteiger partial charge in [-0.25, -0.2) is 9.78 Å². The minimum absolute atomic E-state index is 0.389. The van der Waals surface area contributed by atoms with Gasteiger partial charge in [0.2, 0.25) is 0 Å². The van der Waals surface area contributed by atoms with E-state index >= 15 is 0 Å². The quantitative estimate of drug-likeness (QED) is 0.524. The molecule has 4 aromatic rings. The molecule has 0 saturated heterocycles. The number of H-pyrrole nitrogens is 1. The van der Waals surface area contributed by atoms with E-state index in [0.29, 0.717) is 27.5 Å². The van der Waals surface area contributed by atoms with Gasteiger partial charge in [0, 0.05) is 30.2 Å². The van der Waals surface area contributed by atoms with Crippen LogP contribution in [0.5, 0.6) is 0 Å². The van der Waals surface area contributed by atoms with E-state index in [-0.39, 0.29) is 0 Å². The normalized spacial score (nSPS) is 11.3. The number of para-hydroxylation sites is 1. The second-order valence-electron chi connectivity index (χ2n) is 6.06. The van der Waals surface area contributed by atoms with Crippen molar-refractivity contribution in [3.8, 4) is 11.4 Å². The smallest absolute Gasteiger partial charge is 0.347 e. The van der Waals surface area contributed by atoms with Crippen LogP contribution in [0.25, 0.3) is 33.4 Å². The van der Waals surface area contributed by atoms with Gasteiger partial charge in [0.05, 0.1) is 10.5 Å². The largest absolute Gasteiger partial charge is 0.422 e. The predicted molar refractivity (Wildman–Crippen MR) is 106 cm³/mol. The van der Waals surface area contributed by atoms with Crippen molar-refractivity contribution in [2.75, 3.05) is 18.0 Å². The molecular weight excluding hydrogens is 350 g/mol. The molecule has 0 aliphatic rings. The molecule has 0 amide bonds. The molecule has 0 fully saturated rings. The van der Waals surface area contributed by atoms with Crippen LogP contribution in [-0.2, 0) is 0 Å². The number of halogens is 1. The summed E-state index contributed by atoms with van der Waals surface area (Å²) in [5, 5.41) is 1.39. The van der Waals surface area contributed by atoms with Gasteiger partial charge in [-0.3, -0.25) is 0 Å². The molecule has 0 atom stereocenters. The lowest BCUT2D eigenvalue weighted by Gasteiger charge is -2.20. The summed E-state index contributed by atoms with van der Waals surface area (Å²) in [6.45, 7) is 5.98. The number of anilines is 1. The van der Waals surface area contributed by atoms with Gasteiger partial charge < -0.3 is 14.3 Å². The van der Waals surface area contributed by atoms with E-state index in [4.69, 9.17) is 16.0 Å². The van der Waals surface area contributed by atoms with Crippen LogP contribution >= 0.6 is 11.6 Å². The van der Waals surface area contributed by atoms with Gasteiger partial charge >= 0.3 is 5.63 Å². The first kappa shape index (κ1) is 16.7. The molecule has 4 rings (SSSR count). The zero-order chi connectivity index (χ0) is 18.3. The number of nitrogens with zero attached hydrogens (tertiary/aromatic N) is 2. The van der Waals surface area contributed by atoms with E-state index in [1.807, 2.05) is 30.3 Å². The van der Waals surface area contributed by atoms with E-state index in [1.165, 1.54) is 0 Å². The van der Waals surface area contributed by atoms with Crippen LogP contribution in [0.15, 0.2) is 51.7 Å². The van der Waals surface area contributed by atoms with Crippen molar-refractivity contribution < 1.29 is 4.42 Å². The van der Waals surface area contributed by atoms with E-state index in [2.05, 4.69) is 28.7 Å². The number of nitrogens with one attached hydrogen (secondary N) is 1. The van der Waals surface area contributed by atoms with Crippen molar-refractivity contribution in [1.82, 2.24) is 9.97 Å². The van der Waals surface area contributed by atoms with Gasteiger partial charge in [-0.2, -0.15) is 0 Å². The Morgan fingerprint density at radius 3 is 2.69 bits per heavy atom. The third-order valence-corrected chi connectivity index (χ3v) is 4.87. The number of aromatic nitrogens is 2. The van der Waals surface area contributed by atoms with Crippen LogP contribution in [0.3, 0.4) is 0 Å². The molecule has 0 radical (unpaired) electrons. The Morgan fingerprint density at radius 1 is 1.15 bits per heavy atom. The summed E-state index contributed by atoms with van der Waals surface area (Å²) in [5.41, 5.74) is 2.99. The first-order valence-corrected chi connectivity index (χ1v) is 8.96. The minimum Gasteiger partial charge on any atom is -0.422 e. The molecule has 0 aliphatic carbocycles. The monoisotopic (exact) mass is 367 g/mol. The van der Waals surface area contributed by atoms with Gasteiger partial charge in [0.15, 0.2) is 0 Å². The summed E-state index contributed by atoms with van der Waals surface area (Å²) in [6.07, 6.45) is 0. The second kappa shape index (κ2) is 6.50. The maximum atomic E-state index is 12.5. The zero-order valence-electron chi connectivity index (χ0n) is 14.5. The van der Waals surface area contributed by atoms with E-state index in [0.717, 1.165) is 29.7 Å². The highest BCUT2D eigenvalue weighted by Gasteiger charge is 2.14. The molecular formula is C20H18ClN3O2. The first-order chi connectivity index (χ1) is 12.6. The van der Waals surface area contributed by atoms with Gasteiger partial charge in [-0.05, 0) is 44.2 Å². The van der Waals surface area contributed by atoms with Crippen molar-refractivity contribution >= 4 is 39.3 Å². The number of benzene rings is 2. The molecule has 0 saturated carbocycles. The Kier molecular flexibility index (Phi) is 4.17. The van der Waals surface area contributed by atoms with E-state index in [1.54, 1.807) is 12.1 Å². The van der Waals surface area contributed by atoms with Crippen molar-refractivity contribution in [1.29, 1.82) is 0 Å². The van der Waals surface area contributed by atoms with Gasteiger partial charge in [0.1, 0.15) is 22.5 Å². The summed E-state index contributed by atoms with van der Waals surface area (Å²) >= 11 is 6.18. The SMILES string of the molecule is CCN(CC)c1ccc2cc(-c3nc4c(Cl)cccc4[nH]3)c(=O)oc2c1. The second-order valence-corrected chi connectivity index (χ2v) is 6.47. The lowest BCUT2D eigenvalue weighted by molar-refractivity contribution is 0.563. The molecule has 132 valence electrons. The average molecular weight is 368 g/mol. The lowest BCUT2D eigenvalue weighted by atomic mass is 10.1. The highest BCUT2D eigenvalue weighted by molar-refractivity contribution is 6.35. The Bertz CT molecular complexity index is 1160. The van der Waals surface area contributed by atoms with Crippen LogP contribution in [-0.4, -0.2) is 23.1 Å². The molecule has 0 aliphatic heterocycles. The van der Waals surface area contributed by atoms with Crippen LogP contribution in [0.1, 0.15) is 13.8 Å². The number of hydrogen-bond donors (Lipinski definition) is 1. The minimum atomic E-state index is -0.427. The average Bonchev–Trinajstić information content (AvgIpc) is 3.07. The summed E-state index contributed by atoms with van der Waals surface area (Å²) in [5.74, 6) is 0.455. The summed E-state index contributed by atoms with van der Waals surface area (Å²) in [7, 11) is 0. The summed E-state index contributed by atoms with van der Waals surface area (Å²) in [6, 6.07) is 13.2. The summed E-state index contributed by atoms with van der Waals surface area (Å²) < 4.78 is 5.58. The standard InChI is InChI=1S/C20H18ClN3O2/c1-3-24(4-2)13-9-8-12-10-14(20(25)26-17(12)11-13)19-22-16-7-5-6-15(21)18(16)23-19/h5-11H,3-4H2,1-2H3,(H,22,23). The molecule has 0 unspecified atom stereocenters. The maximum Gasteiger partial charge on any atom is 0.347 e. The number of hydrogen-bond acceptors (Lipinski definition) is 4. The highest BCUT2D eigenvalue weighted by Crippen LogP contribution is 2.27. The molecule has 1 N–H and O–H groups in total. The molecule has 2 aromatic heterocycles. The third-order valence-electron chi connectivity index (χ3n) is 4.57. The number of aromatic amines is 1. The number of imidazole rings is 1. The fourth-order valence-corrected chi connectivity index (χ4v) is 3.39. The van der Waals surface area contributed by atoms with Crippen molar-refractivity contribution in [2.45, 2.75) is 13.8 Å². The van der Waals surface area contributed by atoms with Crippen LogP contribution < -0.4 is 10.5 Å². The zero-order valence-corrected chi connectivity index (χ0v) is 15.3. The molecule has 0 spiro atoms. The van der Waals surface area contributed by atoms with Gasteiger partial charge in [-0.1, -0.05) is 17.7 Å². The molecule has 26 heavy (non-hydrogen) atoms. The topological polar surface area (TPSA) is 62.1 Å². The summed E-state index contributed by atoms with van der Waals surface area (Å²) in [4.78, 5) is 22.4.